The first-order valence-corrected chi connectivity index (χ1v) is 19.3. The summed E-state index contributed by atoms with van der Waals surface area (Å²) in [6.07, 6.45) is 0. The van der Waals surface area contributed by atoms with E-state index in [-0.39, 0.29) is 52.9 Å². The summed E-state index contributed by atoms with van der Waals surface area (Å²) in [7, 11) is 6.63. The van der Waals surface area contributed by atoms with Gasteiger partial charge in [-0.15, -0.1) is 0 Å². The van der Waals surface area contributed by atoms with E-state index in [1.54, 1.807) is 28.4 Å². The summed E-state index contributed by atoms with van der Waals surface area (Å²) in [6.45, 7) is 5.23. The van der Waals surface area contributed by atoms with Crippen LogP contribution in [0.4, 0.5) is 0 Å². The lowest BCUT2D eigenvalue weighted by atomic mass is 10.1. The number of fused-ring (bicyclic) bond motifs is 6. The first-order valence-electron chi connectivity index (χ1n) is 19.3. The minimum Gasteiger partial charge on any atom is -0.486 e. The van der Waals surface area contributed by atoms with Crippen molar-refractivity contribution in [3.8, 4) is 46.0 Å². The number of benzene rings is 4. The Morgan fingerprint density at radius 3 is 0.690 bits per heavy atom. The van der Waals surface area contributed by atoms with Crippen molar-refractivity contribution in [1.29, 1.82) is 0 Å². The molecule has 0 saturated heterocycles. The van der Waals surface area contributed by atoms with E-state index in [9.17, 15) is 0 Å². The van der Waals surface area contributed by atoms with E-state index < -0.39 is 0 Å². The molecule has 3 aliphatic heterocycles. The third-order valence-corrected chi connectivity index (χ3v) is 9.69. The van der Waals surface area contributed by atoms with Gasteiger partial charge >= 0.3 is 0 Å². The Labute approximate surface area is 338 Å². The van der Waals surface area contributed by atoms with Crippen LogP contribution in [0, 0.1) is 0 Å². The van der Waals surface area contributed by atoms with E-state index in [4.69, 9.17) is 66.3 Å². The highest BCUT2D eigenvalue weighted by Gasteiger charge is 2.21. The molecule has 3 heterocycles. The number of rotatable bonds is 8. The first-order chi connectivity index (χ1) is 28.6. The van der Waals surface area contributed by atoms with Gasteiger partial charge in [-0.25, -0.2) is 0 Å². The number of hydrogen-bond acceptors (Lipinski definition) is 14. The molecule has 0 aliphatic carbocycles. The Hall–Kier alpha value is -4.96. The zero-order chi connectivity index (χ0) is 40.1. The van der Waals surface area contributed by atoms with Crippen molar-refractivity contribution in [2.45, 2.75) is 52.9 Å². The summed E-state index contributed by atoms with van der Waals surface area (Å²) in [5.74, 6) is 4.78. The molecule has 0 bridgehead atoms. The predicted octanol–water partition coefficient (Wildman–Crippen LogP) is 6.48. The second-order valence-corrected chi connectivity index (χ2v) is 13.8. The van der Waals surface area contributed by atoms with Crippen molar-refractivity contribution in [2.24, 2.45) is 0 Å². The van der Waals surface area contributed by atoms with Crippen molar-refractivity contribution in [1.82, 2.24) is 0 Å². The van der Waals surface area contributed by atoms with Crippen molar-refractivity contribution in [3.63, 3.8) is 0 Å². The smallest absolute Gasteiger partial charge is 0.161 e. The minimum absolute atomic E-state index is 0.278. The lowest BCUT2D eigenvalue weighted by Crippen LogP contribution is -2.17. The van der Waals surface area contributed by atoms with Crippen molar-refractivity contribution in [3.05, 3.63) is 93.0 Å². The van der Waals surface area contributed by atoms with Crippen LogP contribution in [-0.2, 0) is 81.3 Å². The van der Waals surface area contributed by atoms with Gasteiger partial charge in [0.2, 0.25) is 0 Å². The molecule has 0 radical (unpaired) electrons. The van der Waals surface area contributed by atoms with Crippen LogP contribution >= 0.6 is 0 Å². The summed E-state index contributed by atoms with van der Waals surface area (Å²) in [5, 5.41) is 0. The lowest BCUT2D eigenvalue weighted by molar-refractivity contribution is 0.0793. The molecule has 0 amide bonds. The van der Waals surface area contributed by atoms with Gasteiger partial charge in [0.1, 0.15) is 52.9 Å². The summed E-state index contributed by atoms with van der Waals surface area (Å²) in [6, 6.07) is 15.5. The molecular formula is C44H52O14. The molecule has 3 aliphatic rings. The Morgan fingerprint density at radius 1 is 0.310 bits per heavy atom. The van der Waals surface area contributed by atoms with E-state index in [1.165, 1.54) is 0 Å². The minimum atomic E-state index is 0.278. The number of hydrogen-bond donors (Lipinski definition) is 0. The lowest BCUT2D eigenvalue weighted by Gasteiger charge is -2.23. The quantitative estimate of drug-likeness (QED) is 0.193. The van der Waals surface area contributed by atoms with E-state index in [2.05, 4.69) is 0 Å². The number of methoxy groups -OCH3 is 4. The molecule has 7 rings (SSSR count). The molecule has 4 aromatic carbocycles. The van der Waals surface area contributed by atoms with Gasteiger partial charge in [-0.3, -0.25) is 0 Å². The Bertz CT molecular complexity index is 1700. The highest BCUT2D eigenvalue weighted by Crippen LogP contribution is 2.38. The van der Waals surface area contributed by atoms with Gasteiger partial charge < -0.3 is 66.3 Å². The second kappa shape index (κ2) is 20.6. The van der Waals surface area contributed by atoms with Crippen LogP contribution in [0.25, 0.3) is 0 Å². The van der Waals surface area contributed by atoms with Gasteiger partial charge in [0.05, 0.1) is 52.9 Å². The van der Waals surface area contributed by atoms with Crippen LogP contribution in [0.3, 0.4) is 0 Å². The van der Waals surface area contributed by atoms with E-state index in [0.29, 0.717) is 98.9 Å². The molecule has 0 spiro atoms. The third kappa shape index (κ3) is 10.4. The second-order valence-electron chi connectivity index (χ2n) is 13.8. The molecule has 0 saturated carbocycles. The molecule has 0 fully saturated rings. The molecule has 14 nitrogen and oxygen atoms in total. The van der Waals surface area contributed by atoms with E-state index >= 15 is 0 Å². The molecule has 312 valence electrons. The third-order valence-electron chi connectivity index (χ3n) is 9.69. The van der Waals surface area contributed by atoms with Crippen LogP contribution in [0.2, 0.25) is 0 Å². The average molecular weight is 805 g/mol. The zero-order valence-electron chi connectivity index (χ0n) is 33.6. The predicted molar refractivity (Wildman–Crippen MR) is 210 cm³/mol. The monoisotopic (exact) mass is 804 g/mol. The van der Waals surface area contributed by atoms with Gasteiger partial charge in [0, 0.05) is 28.4 Å². The SMILES string of the molecule is COCc1cc2c(cc1COC)OCCOc1cc3c(cc1OCCO2)COCc1cc2c(cc1COC3)OCCOc1cc(COC)c(COC)cc1OCCO2. The van der Waals surface area contributed by atoms with E-state index in [1.807, 2.05) is 48.5 Å². The van der Waals surface area contributed by atoms with Gasteiger partial charge in [-0.1, -0.05) is 0 Å². The Balaban J connectivity index is 1.03. The summed E-state index contributed by atoms with van der Waals surface area (Å²) < 4.78 is 83.9. The normalized spacial score (nSPS) is 15.9. The average Bonchev–Trinajstić information content (AvgIpc) is 3.21. The fourth-order valence-electron chi connectivity index (χ4n) is 6.93. The molecule has 14 heteroatoms. The van der Waals surface area contributed by atoms with Crippen LogP contribution in [-0.4, -0.2) is 81.3 Å². The van der Waals surface area contributed by atoms with E-state index in [0.717, 1.165) is 44.5 Å². The molecule has 0 unspecified atom stereocenters. The standard InChI is InChI=1S/C44H52O14/c1-45-21-29-13-37-38(14-30(29)22-46-2)52-6-10-56-42-18-34-26-50-28-36-20-44-43(19-35(36)27-49-25-33(34)17-41(42)55-9-5-51-37)57-11-7-53-39-15-31(23-47-3)32(24-48-4)16-40(39)54-8-12-58-44/h13-20H,5-12,21-28H2,1-4H3. The highest BCUT2D eigenvalue weighted by atomic mass is 16.6. The van der Waals surface area contributed by atoms with Crippen LogP contribution in [0.5, 0.6) is 46.0 Å². The summed E-state index contributed by atoms with van der Waals surface area (Å²) >= 11 is 0. The molecule has 4 aromatic rings. The molecule has 0 aromatic heterocycles. The molecule has 0 atom stereocenters. The van der Waals surface area contributed by atoms with Gasteiger partial charge in [-0.2, -0.15) is 0 Å². The van der Waals surface area contributed by atoms with Gasteiger partial charge in [0.25, 0.3) is 0 Å². The molecular weight excluding hydrogens is 752 g/mol. The summed E-state index contributed by atoms with van der Waals surface area (Å²) in [4.78, 5) is 0. The maximum absolute atomic E-state index is 6.34. The summed E-state index contributed by atoms with van der Waals surface area (Å²) in [5.41, 5.74) is 7.58. The Kier molecular flexibility index (Phi) is 14.7. The van der Waals surface area contributed by atoms with Crippen molar-refractivity contribution >= 4 is 0 Å². The maximum Gasteiger partial charge on any atom is 0.161 e. The fraction of sp³-hybridized carbons (Fsp3) is 0.455. The van der Waals surface area contributed by atoms with Gasteiger partial charge in [-0.05, 0) is 93.0 Å². The van der Waals surface area contributed by atoms with Crippen molar-refractivity contribution in [2.75, 3.05) is 81.3 Å². The maximum atomic E-state index is 6.34. The first kappa shape index (κ1) is 41.2. The Morgan fingerprint density at radius 2 is 0.500 bits per heavy atom. The highest BCUT2D eigenvalue weighted by molar-refractivity contribution is 5.51. The largest absolute Gasteiger partial charge is 0.486 e. The van der Waals surface area contributed by atoms with Crippen LogP contribution < -0.4 is 37.9 Å². The van der Waals surface area contributed by atoms with Gasteiger partial charge in [0.15, 0.2) is 46.0 Å². The molecule has 0 N–H and O–H groups in total. The van der Waals surface area contributed by atoms with Crippen LogP contribution in [0.1, 0.15) is 44.5 Å². The number of ether oxygens (including phenoxy) is 14. The van der Waals surface area contributed by atoms with Crippen molar-refractivity contribution < 1.29 is 66.3 Å². The van der Waals surface area contributed by atoms with Crippen LogP contribution in [0.15, 0.2) is 48.5 Å². The topological polar surface area (TPSA) is 129 Å². The molecule has 58 heavy (non-hydrogen) atoms. The zero-order valence-corrected chi connectivity index (χ0v) is 33.6. The fourth-order valence-corrected chi connectivity index (χ4v) is 6.93.